The van der Waals surface area contributed by atoms with Crippen LogP contribution >= 0.6 is 11.6 Å². The number of aromatic amines is 1. The van der Waals surface area contributed by atoms with Gasteiger partial charge in [-0.2, -0.15) is 0 Å². The largest absolute Gasteiger partial charge is 0.348 e. The van der Waals surface area contributed by atoms with Crippen LogP contribution in [0.2, 0.25) is 5.02 Å². The van der Waals surface area contributed by atoms with Crippen LogP contribution in [0.3, 0.4) is 0 Å². The molecule has 1 atom stereocenters. The maximum absolute atomic E-state index is 14.3. The number of hydrogen-bond donors (Lipinski definition) is 1. The Hall–Kier alpha value is -4.39. The Morgan fingerprint density at radius 1 is 0.884 bits per heavy atom. The van der Waals surface area contributed by atoms with Crippen molar-refractivity contribution >= 4 is 39.1 Å². The summed E-state index contributed by atoms with van der Waals surface area (Å²) < 4.78 is 2.19. The molecule has 1 N–H and O–H groups in total. The molecule has 2 aromatic heterocycles. The first-order chi connectivity index (χ1) is 20.9. The van der Waals surface area contributed by atoms with E-state index in [1.54, 1.807) is 6.33 Å². The Kier molecular flexibility index (Phi) is 7.25. The third-order valence-corrected chi connectivity index (χ3v) is 8.99. The topological polar surface area (TPSA) is 57.2 Å². The summed E-state index contributed by atoms with van der Waals surface area (Å²) in [5, 5.41) is 5.19. The van der Waals surface area contributed by atoms with Crippen molar-refractivity contribution < 1.29 is 4.79 Å². The number of aryl methyl sites for hydroxylation is 1. The number of benzene rings is 4. The van der Waals surface area contributed by atoms with Gasteiger partial charge in [-0.3, -0.25) is 4.79 Å². The van der Waals surface area contributed by atoms with E-state index in [0.29, 0.717) is 23.7 Å². The van der Waals surface area contributed by atoms with Gasteiger partial charge >= 0.3 is 0 Å². The summed E-state index contributed by atoms with van der Waals surface area (Å²) in [7, 11) is 2.10. The molecule has 7 rings (SSSR count). The molecular formula is C36H34ClN5O. The molecule has 3 heterocycles. The minimum Gasteiger partial charge on any atom is -0.348 e. The maximum Gasteiger partial charge on any atom is 0.256 e. The van der Waals surface area contributed by atoms with Crippen molar-refractivity contribution in [1.82, 2.24) is 24.3 Å². The number of rotatable bonds is 6. The number of H-pyrrole nitrogens is 1. The molecule has 0 spiro atoms. The number of nitrogens with one attached hydrogen (secondary N) is 1. The first kappa shape index (κ1) is 27.4. The highest BCUT2D eigenvalue weighted by molar-refractivity contribution is 6.32. The Morgan fingerprint density at radius 2 is 1.63 bits per heavy atom. The second kappa shape index (κ2) is 11.4. The fourth-order valence-corrected chi connectivity index (χ4v) is 6.58. The lowest BCUT2D eigenvalue weighted by atomic mass is 9.97. The normalized spacial score (nSPS) is 14.9. The first-order valence-corrected chi connectivity index (χ1v) is 15.2. The number of aromatic nitrogens is 3. The third-order valence-electron chi connectivity index (χ3n) is 8.77. The van der Waals surface area contributed by atoms with Gasteiger partial charge in [0.15, 0.2) is 0 Å². The van der Waals surface area contributed by atoms with Gasteiger partial charge in [0.2, 0.25) is 0 Å². The molecular weight excluding hydrogens is 554 g/mol. The van der Waals surface area contributed by atoms with Gasteiger partial charge in [-0.1, -0.05) is 78.3 Å². The highest BCUT2D eigenvalue weighted by Crippen LogP contribution is 2.37. The van der Waals surface area contributed by atoms with Crippen LogP contribution in [0.5, 0.6) is 0 Å². The van der Waals surface area contributed by atoms with E-state index in [9.17, 15) is 4.79 Å². The van der Waals surface area contributed by atoms with Crippen molar-refractivity contribution in [3.8, 4) is 11.1 Å². The Bertz CT molecular complexity index is 1950. The molecule has 1 unspecified atom stereocenters. The summed E-state index contributed by atoms with van der Waals surface area (Å²) in [5.74, 6) is 0.0501. The van der Waals surface area contributed by atoms with E-state index in [1.807, 2.05) is 35.4 Å². The summed E-state index contributed by atoms with van der Waals surface area (Å²) in [4.78, 5) is 26.5. The average Bonchev–Trinajstić information content (AvgIpc) is 3.66. The van der Waals surface area contributed by atoms with E-state index in [2.05, 4.69) is 89.2 Å². The number of likely N-dealkylation sites (N-methyl/N-ethyl adjacent to an activating group) is 1. The smallest absolute Gasteiger partial charge is 0.256 e. The standard InChI is InChI=1S/C36H34ClN5O/c1-24-35(39-23-38-24)34(18-25-11-12-26-7-3-4-8-27(26)17-25)42-21-32(31-20-29(37)19-28-9-5-6-10-30(28)31)33(22-42)36(43)41-15-13-40(2)14-16-41/h3-12,17,19-23,34H,13-16,18H2,1-2H3,(H,38,39). The molecule has 0 radical (unpaired) electrons. The van der Waals surface area contributed by atoms with Gasteiger partial charge in [0.05, 0.1) is 23.6 Å². The number of carbonyl (C=O) groups excluding carboxylic acids is 1. The maximum atomic E-state index is 14.3. The highest BCUT2D eigenvalue weighted by atomic mass is 35.5. The molecule has 4 aromatic carbocycles. The van der Waals surface area contributed by atoms with Crippen LogP contribution in [0.4, 0.5) is 0 Å². The van der Waals surface area contributed by atoms with Crippen molar-refractivity contribution in [2.45, 2.75) is 19.4 Å². The molecule has 43 heavy (non-hydrogen) atoms. The van der Waals surface area contributed by atoms with Crippen molar-refractivity contribution in [1.29, 1.82) is 0 Å². The molecule has 0 saturated carbocycles. The SMILES string of the molecule is Cc1[nH]cnc1C(Cc1ccc2ccccc2c1)n1cc(C(=O)N2CCN(C)CC2)c(-c2cc(Cl)cc3ccccc23)c1. The van der Waals surface area contributed by atoms with E-state index in [0.717, 1.165) is 52.8 Å². The monoisotopic (exact) mass is 587 g/mol. The van der Waals surface area contributed by atoms with Gasteiger partial charge in [0.1, 0.15) is 0 Å². The number of nitrogens with zero attached hydrogens (tertiary/aromatic N) is 4. The number of imidazole rings is 1. The van der Waals surface area contributed by atoms with Crippen molar-refractivity contribution in [2.75, 3.05) is 33.2 Å². The second-order valence-corrected chi connectivity index (χ2v) is 12.1. The molecule has 6 aromatic rings. The number of amides is 1. The molecule has 1 fully saturated rings. The van der Waals surface area contributed by atoms with Crippen molar-refractivity contribution in [3.63, 3.8) is 0 Å². The Labute approximate surface area is 256 Å². The molecule has 0 bridgehead atoms. The number of carbonyl (C=O) groups is 1. The van der Waals surface area contributed by atoms with E-state index in [1.165, 1.54) is 16.3 Å². The van der Waals surface area contributed by atoms with Gasteiger partial charge in [0.25, 0.3) is 5.91 Å². The van der Waals surface area contributed by atoms with Crippen LogP contribution in [-0.4, -0.2) is 63.5 Å². The zero-order valence-corrected chi connectivity index (χ0v) is 25.2. The van der Waals surface area contributed by atoms with Crippen LogP contribution in [-0.2, 0) is 6.42 Å². The zero-order valence-electron chi connectivity index (χ0n) is 24.4. The fourth-order valence-electron chi connectivity index (χ4n) is 6.35. The molecule has 1 amide bonds. The predicted octanol–water partition coefficient (Wildman–Crippen LogP) is 7.37. The number of fused-ring (bicyclic) bond motifs is 2. The molecule has 6 nitrogen and oxygen atoms in total. The molecule has 1 saturated heterocycles. The molecule has 1 aliphatic heterocycles. The summed E-state index contributed by atoms with van der Waals surface area (Å²) in [6, 6.07) is 27.1. The number of piperazine rings is 1. The average molecular weight is 588 g/mol. The van der Waals surface area contributed by atoms with E-state index in [-0.39, 0.29) is 11.9 Å². The summed E-state index contributed by atoms with van der Waals surface area (Å²) in [6.45, 7) is 5.18. The summed E-state index contributed by atoms with van der Waals surface area (Å²) in [6.07, 6.45) is 6.64. The Balaban J connectivity index is 1.39. The van der Waals surface area contributed by atoms with E-state index in [4.69, 9.17) is 16.6 Å². The second-order valence-electron chi connectivity index (χ2n) is 11.6. The zero-order chi connectivity index (χ0) is 29.5. The van der Waals surface area contributed by atoms with E-state index >= 15 is 0 Å². The minimum absolute atomic E-state index is 0.0501. The van der Waals surface area contributed by atoms with Crippen LogP contribution in [0.1, 0.15) is 33.4 Å². The molecule has 1 aliphatic rings. The van der Waals surface area contributed by atoms with Gasteiger partial charge in [-0.15, -0.1) is 0 Å². The van der Waals surface area contributed by atoms with Crippen LogP contribution in [0, 0.1) is 6.92 Å². The van der Waals surface area contributed by atoms with Gasteiger partial charge in [0, 0.05) is 54.9 Å². The molecule has 7 heteroatoms. The lowest BCUT2D eigenvalue weighted by molar-refractivity contribution is 0.0664. The summed E-state index contributed by atoms with van der Waals surface area (Å²) >= 11 is 6.67. The lowest BCUT2D eigenvalue weighted by Gasteiger charge is -2.32. The third kappa shape index (κ3) is 5.33. The van der Waals surface area contributed by atoms with Crippen LogP contribution in [0.25, 0.3) is 32.7 Å². The number of hydrogen-bond acceptors (Lipinski definition) is 3. The quantitative estimate of drug-likeness (QED) is 0.221. The van der Waals surface area contributed by atoms with E-state index < -0.39 is 0 Å². The van der Waals surface area contributed by atoms with Gasteiger partial charge in [-0.05, 0) is 65.2 Å². The predicted molar refractivity (Wildman–Crippen MR) is 175 cm³/mol. The van der Waals surface area contributed by atoms with Gasteiger partial charge < -0.3 is 19.4 Å². The molecule has 0 aliphatic carbocycles. The Morgan fingerprint density at radius 3 is 2.40 bits per heavy atom. The van der Waals surface area contributed by atoms with Crippen LogP contribution < -0.4 is 0 Å². The molecule has 216 valence electrons. The highest BCUT2D eigenvalue weighted by Gasteiger charge is 2.28. The lowest BCUT2D eigenvalue weighted by Crippen LogP contribution is -2.47. The van der Waals surface area contributed by atoms with Crippen molar-refractivity contribution in [2.24, 2.45) is 0 Å². The van der Waals surface area contributed by atoms with Crippen LogP contribution in [0.15, 0.2) is 97.6 Å². The van der Waals surface area contributed by atoms with Gasteiger partial charge in [-0.25, -0.2) is 4.98 Å². The fraction of sp³-hybridized carbons (Fsp3) is 0.222. The number of halogens is 1. The minimum atomic E-state index is -0.120. The van der Waals surface area contributed by atoms with Crippen molar-refractivity contribution in [3.05, 3.63) is 125 Å². The first-order valence-electron chi connectivity index (χ1n) is 14.8. The summed E-state index contributed by atoms with van der Waals surface area (Å²) in [5.41, 5.74) is 5.72.